The van der Waals surface area contributed by atoms with Crippen LogP contribution in [0.2, 0.25) is 0 Å². The predicted molar refractivity (Wildman–Crippen MR) is 58.3 cm³/mol. The zero-order chi connectivity index (χ0) is 11.1. The molecule has 2 rings (SSSR count). The molecule has 0 atom stereocenters. The molecular weight excluding hydrogens is 236 g/mol. The summed E-state index contributed by atoms with van der Waals surface area (Å²) in [6.07, 6.45) is 4.11. The Bertz CT molecular complexity index is 479. The van der Waals surface area contributed by atoms with Gasteiger partial charge >= 0.3 is 0 Å². The van der Waals surface area contributed by atoms with Crippen LogP contribution < -0.4 is 0 Å². The van der Waals surface area contributed by atoms with E-state index in [2.05, 4.69) is 5.10 Å². The highest BCUT2D eigenvalue weighted by molar-refractivity contribution is 8.13. The molecule has 1 aromatic heterocycles. The number of halogens is 1. The van der Waals surface area contributed by atoms with Crippen molar-refractivity contribution >= 4 is 19.7 Å². The Labute approximate surface area is 93.7 Å². The third-order valence-corrected chi connectivity index (χ3v) is 3.70. The van der Waals surface area contributed by atoms with Crippen LogP contribution in [0.25, 0.3) is 0 Å². The van der Waals surface area contributed by atoms with Gasteiger partial charge in [-0.15, -0.1) is 0 Å². The van der Waals surface area contributed by atoms with Gasteiger partial charge in [-0.05, 0) is 31.2 Å². The number of aryl methyl sites for hydroxylation is 2. The summed E-state index contributed by atoms with van der Waals surface area (Å²) in [7, 11) is 3.55. The van der Waals surface area contributed by atoms with Gasteiger partial charge in [0.25, 0.3) is 0 Å². The van der Waals surface area contributed by atoms with Crippen molar-refractivity contribution in [3.8, 4) is 0 Å². The maximum atomic E-state index is 11.1. The van der Waals surface area contributed by atoms with Crippen LogP contribution in [0.4, 0.5) is 0 Å². The van der Waals surface area contributed by atoms with Crippen molar-refractivity contribution in [2.75, 3.05) is 0 Å². The quantitative estimate of drug-likeness (QED) is 0.743. The highest BCUT2D eigenvalue weighted by atomic mass is 35.7. The van der Waals surface area contributed by atoms with Crippen molar-refractivity contribution in [1.29, 1.82) is 0 Å². The molecule has 0 N–H and O–H groups in total. The average Bonchev–Trinajstić information content (AvgIpc) is 2.41. The number of nitrogens with zero attached hydrogens (tertiary/aromatic N) is 2. The summed E-state index contributed by atoms with van der Waals surface area (Å²) in [5.41, 5.74) is 2.88. The third-order valence-electron chi connectivity index (χ3n) is 2.76. The minimum Gasteiger partial charge on any atom is -0.271 e. The highest BCUT2D eigenvalue weighted by Crippen LogP contribution is 2.25. The van der Waals surface area contributed by atoms with Gasteiger partial charge in [0, 0.05) is 17.7 Å². The molecule has 0 unspecified atom stereocenters. The number of hydrogen-bond donors (Lipinski definition) is 0. The molecule has 6 heteroatoms. The summed E-state index contributed by atoms with van der Waals surface area (Å²) in [6, 6.07) is 0. The lowest BCUT2D eigenvalue weighted by Gasteiger charge is -2.10. The lowest BCUT2D eigenvalue weighted by atomic mass is 9.96. The molecular formula is C9H13ClN2O2S. The monoisotopic (exact) mass is 248 g/mol. The molecule has 0 saturated heterocycles. The first-order valence-electron chi connectivity index (χ1n) is 4.93. The number of aromatic nitrogens is 2. The van der Waals surface area contributed by atoms with E-state index in [1.807, 2.05) is 0 Å². The fourth-order valence-electron chi connectivity index (χ4n) is 2.09. The molecule has 0 amide bonds. The Balaban J connectivity index is 2.42. The second kappa shape index (κ2) is 3.79. The topological polar surface area (TPSA) is 52.0 Å². The van der Waals surface area contributed by atoms with Gasteiger partial charge < -0.3 is 0 Å². The lowest BCUT2D eigenvalue weighted by Crippen LogP contribution is -2.06. The molecule has 15 heavy (non-hydrogen) atoms. The maximum Gasteiger partial charge on any atom is 0.238 e. The second-order valence-corrected chi connectivity index (χ2v) is 6.66. The zero-order valence-corrected chi connectivity index (χ0v) is 10.1. The van der Waals surface area contributed by atoms with Gasteiger partial charge in [-0.2, -0.15) is 5.10 Å². The first-order chi connectivity index (χ1) is 6.97. The minimum atomic E-state index is -3.49. The molecule has 1 heterocycles. The first kappa shape index (κ1) is 11.0. The van der Waals surface area contributed by atoms with E-state index in [0.29, 0.717) is 0 Å². The van der Waals surface area contributed by atoms with Crippen LogP contribution in [0.15, 0.2) is 0 Å². The van der Waals surface area contributed by atoms with Crippen molar-refractivity contribution in [3.63, 3.8) is 0 Å². The van der Waals surface area contributed by atoms with Gasteiger partial charge in [-0.25, -0.2) is 8.42 Å². The molecule has 0 aromatic carbocycles. The SMILES string of the molecule is Cn1nc2c(c1CS(=O)(=O)Cl)CCCC2. The Morgan fingerprint density at radius 1 is 1.40 bits per heavy atom. The van der Waals surface area contributed by atoms with Crippen LogP contribution in [0.1, 0.15) is 29.8 Å². The third kappa shape index (κ3) is 2.34. The average molecular weight is 249 g/mol. The summed E-state index contributed by atoms with van der Waals surface area (Å²) in [4.78, 5) is 0. The molecule has 0 saturated carbocycles. The normalized spacial score (nSPS) is 16.4. The van der Waals surface area contributed by atoms with Crippen LogP contribution in [-0.2, 0) is 34.7 Å². The van der Waals surface area contributed by atoms with Gasteiger partial charge in [0.1, 0.15) is 5.75 Å². The lowest BCUT2D eigenvalue weighted by molar-refractivity contribution is 0.605. The Morgan fingerprint density at radius 3 is 2.73 bits per heavy atom. The molecule has 1 aliphatic carbocycles. The molecule has 0 radical (unpaired) electrons. The van der Waals surface area contributed by atoms with Gasteiger partial charge in [-0.3, -0.25) is 4.68 Å². The van der Waals surface area contributed by atoms with Crippen LogP contribution in [-0.4, -0.2) is 18.2 Å². The maximum absolute atomic E-state index is 11.1. The summed E-state index contributed by atoms with van der Waals surface area (Å²) in [5, 5.41) is 4.33. The summed E-state index contributed by atoms with van der Waals surface area (Å²) in [5.74, 6) is -0.118. The molecule has 0 aliphatic heterocycles. The predicted octanol–water partition coefficient (Wildman–Crippen LogP) is 1.37. The van der Waals surface area contributed by atoms with Gasteiger partial charge in [-0.1, -0.05) is 0 Å². The van der Waals surface area contributed by atoms with E-state index in [4.69, 9.17) is 10.7 Å². The van der Waals surface area contributed by atoms with E-state index >= 15 is 0 Å². The smallest absolute Gasteiger partial charge is 0.238 e. The number of rotatable bonds is 2. The van der Waals surface area contributed by atoms with Crippen molar-refractivity contribution in [3.05, 3.63) is 17.0 Å². The Kier molecular flexibility index (Phi) is 2.77. The zero-order valence-electron chi connectivity index (χ0n) is 8.53. The van der Waals surface area contributed by atoms with E-state index in [0.717, 1.165) is 42.6 Å². The van der Waals surface area contributed by atoms with E-state index in [1.165, 1.54) is 0 Å². The molecule has 84 valence electrons. The summed E-state index contributed by atoms with van der Waals surface area (Å²) >= 11 is 0. The highest BCUT2D eigenvalue weighted by Gasteiger charge is 2.22. The van der Waals surface area contributed by atoms with Crippen molar-refractivity contribution in [1.82, 2.24) is 9.78 Å². The van der Waals surface area contributed by atoms with Crippen molar-refractivity contribution in [2.45, 2.75) is 31.4 Å². The van der Waals surface area contributed by atoms with Crippen LogP contribution >= 0.6 is 10.7 Å². The molecule has 0 fully saturated rings. The standard InChI is InChI=1S/C9H13ClN2O2S/c1-12-9(6-15(10,13)14)7-4-2-3-5-8(7)11-12/h2-6H2,1H3. The Morgan fingerprint density at radius 2 is 2.07 bits per heavy atom. The second-order valence-electron chi connectivity index (χ2n) is 3.89. The van der Waals surface area contributed by atoms with Gasteiger partial charge in [0.15, 0.2) is 0 Å². The van der Waals surface area contributed by atoms with Crippen molar-refractivity contribution in [2.24, 2.45) is 7.05 Å². The summed E-state index contributed by atoms with van der Waals surface area (Å²) in [6.45, 7) is 0. The molecule has 0 bridgehead atoms. The Hall–Kier alpha value is -0.550. The van der Waals surface area contributed by atoms with E-state index in [1.54, 1.807) is 11.7 Å². The van der Waals surface area contributed by atoms with Gasteiger partial charge in [0.2, 0.25) is 9.05 Å². The molecule has 1 aliphatic rings. The van der Waals surface area contributed by atoms with E-state index in [-0.39, 0.29) is 5.75 Å². The molecule has 4 nitrogen and oxygen atoms in total. The van der Waals surface area contributed by atoms with Crippen LogP contribution in [0.5, 0.6) is 0 Å². The fraction of sp³-hybridized carbons (Fsp3) is 0.667. The summed E-state index contributed by atoms with van der Waals surface area (Å²) < 4.78 is 23.8. The number of hydrogen-bond acceptors (Lipinski definition) is 3. The fourth-order valence-corrected chi connectivity index (χ4v) is 3.09. The van der Waals surface area contributed by atoms with E-state index < -0.39 is 9.05 Å². The largest absolute Gasteiger partial charge is 0.271 e. The van der Waals surface area contributed by atoms with Crippen LogP contribution in [0.3, 0.4) is 0 Å². The number of fused-ring (bicyclic) bond motifs is 1. The first-order valence-corrected chi connectivity index (χ1v) is 7.41. The van der Waals surface area contributed by atoms with Crippen LogP contribution in [0, 0.1) is 0 Å². The van der Waals surface area contributed by atoms with Gasteiger partial charge in [0.05, 0.1) is 11.4 Å². The van der Waals surface area contributed by atoms with E-state index in [9.17, 15) is 8.42 Å². The molecule has 0 spiro atoms. The molecule has 1 aromatic rings. The van der Waals surface area contributed by atoms with Crippen molar-refractivity contribution < 1.29 is 8.42 Å². The minimum absolute atomic E-state index is 0.118.